The van der Waals surface area contributed by atoms with E-state index in [0.29, 0.717) is 26.9 Å². The lowest BCUT2D eigenvalue weighted by atomic mass is 9.99. The van der Waals surface area contributed by atoms with Gasteiger partial charge in [0.05, 0.1) is 35.5 Å². The van der Waals surface area contributed by atoms with Gasteiger partial charge in [0.25, 0.3) is 5.56 Å². The number of fused-ring (bicyclic) bond motifs is 1. The Morgan fingerprint density at radius 3 is 2.19 bits per heavy atom. The molecule has 0 amide bonds. The third kappa shape index (κ3) is 4.18. The van der Waals surface area contributed by atoms with Crippen LogP contribution in [0, 0.1) is 0 Å². The van der Waals surface area contributed by atoms with Crippen molar-refractivity contribution < 1.29 is 10.2 Å². The predicted octanol–water partition coefficient (Wildman–Crippen LogP) is 4.73. The highest BCUT2D eigenvalue weighted by Crippen LogP contribution is 2.36. The van der Waals surface area contributed by atoms with Crippen molar-refractivity contribution in [2.45, 2.75) is 6.04 Å². The van der Waals surface area contributed by atoms with Crippen molar-refractivity contribution in [2.75, 3.05) is 18.5 Å². The van der Waals surface area contributed by atoms with Crippen molar-refractivity contribution in [3.05, 3.63) is 93.2 Å². The topological polar surface area (TPSA) is 74.5 Å². The second-order valence-corrected chi connectivity index (χ2v) is 7.92. The van der Waals surface area contributed by atoms with E-state index in [1.807, 2.05) is 30.3 Å². The van der Waals surface area contributed by atoms with Crippen LogP contribution in [-0.2, 0) is 0 Å². The van der Waals surface area contributed by atoms with Gasteiger partial charge in [-0.2, -0.15) is 0 Å². The molecule has 5 nitrogen and oxygen atoms in total. The van der Waals surface area contributed by atoms with Gasteiger partial charge in [0.1, 0.15) is 0 Å². The van der Waals surface area contributed by atoms with E-state index < -0.39 is 6.04 Å². The molecule has 0 fully saturated rings. The minimum absolute atomic E-state index is 0.233. The molecule has 0 bridgehead atoms. The zero-order valence-electron chi connectivity index (χ0n) is 16.4. The molecule has 7 heteroatoms. The van der Waals surface area contributed by atoms with E-state index in [1.165, 1.54) is 6.07 Å². The molecule has 0 unspecified atom stereocenters. The molecule has 0 spiro atoms. The average Bonchev–Trinajstić information content (AvgIpc) is 2.78. The average molecular weight is 455 g/mol. The molecule has 1 aromatic heterocycles. The summed E-state index contributed by atoms with van der Waals surface area (Å²) < 4.78 is 1.55. The van der Waals surface area contributed by atoms with Gasteiger partial charge < -0.3 is 15.5 Å². The van der Waals surface area contributed by atoms with Crippen molar-refractivity contribution in [1.29, 1.82) is 0 Å². The maximum atomic E-state index is 12.9. The molecule has 0 atom stereocenters. The first-order valence-electron chi connectivity index (χ1n) is 9.71. The van der Waals surface area contributed by atoms with Crippen LogP contribution < -0.4 is 10.9 Å². The molecule has 0 saturated heterocycles. The Hall–Kier alpha value is -2.83. The Bertz CT molecular complexity index is 1300. The SMILES string of the molecule is O=c1ccc2c(-c3ccccc3Cl)cc(NC(CO)CO)cc2n1-c1ccccc1Cl. The molecule has 0 aliphatic heterocycles. The smallest absolute Gasteiger partial charge is 0.255 e. The van der Waals surface area contributed by atoms with E-state index in [9.17, 15) is 15.0 Å². The van der Waals surface area contributed by atoms with Crippen LogP contribution >= 0.6 is 23.2 Å². The summed E-state index contributed by atoms with van der Waals surface area (Å²) in [6, 6.07) is 21.0. The number of anilines is 1. The third-order valence-corrected chi connectivity index (χ3v) is 5.73. The molecule has 4 aromatic rings. The van der Waals surface area contributed by atoms with Crippen molar-refractivity contribution in [3.63, 3.8) is 0 Å². The van der Waals surface area contributed by atoms with Crippen molar-refractivity contribution in [3.8, 4) is 16.8 Å². The number of hydrogen-bond donors (Lipinski definition) is 3. The molecule has 0 radical (unpaired) electrons. The Labute approximate surface area is 189 Å². The van der Waals surface area contributed by atoms with Gasteiger partial charge in [-0.15, -0.1) is 0 Å². The maximum Gasteiger partial charge on any atom is 0.255 e. The van der Waals surface area contributed by atoms with Gasteiger partial charge in [-0.1, -0.05) is 53.5 Å². The summed E-state index contributed by atoms with van der Waals surface area (Å²) >= 11 is 12.9. The highest BCUT2D eigenvalue weighted by atomic mass is 35.5. The first-order valence-corrected chi connectivity index (χ1v) is 10.5. The molecular formula is C24H20Cl2N2O3. The monoisotopic (exact) mass is 454 g/mol. The fraction of sp³-hybridized carbons (Fsp3) is 0.125. The summed E-state index contributed by atoms with van der Waals surface area (Å²) in [6.45, 7) is -0.496. The molecule has 3 aromatic carbocycles. The van der Waals surface area contributed by atoms with E-state index in [4.69, 9.17) is 23.2 Å². The van der Waals surface area contributed by atoms with Gasteiger partial charge in [0, 0.05) is 27.7 Å². The van der Waals surface area contributed by atoms with Crippen molar-refractivity contribution in [1.82, 2.24) is 4.57 Å². The van der Waals surface area contributed by atoms with Crippen LogP contribution in [0.5, 0.6) is 0 Å². The molecule has 4 rings (SSSR count). The summed E-state index contributed by atoms with van der Waals surface area (Å²) in [5, 5.41) is 24.0. The van der Waals surface area contributed by atoms with Gasteiger partial charge in [-0.3, -0.25) is 9.36 Å². The predicted molar refractivity (Wildman–Crippen MR) is 127 cm³/mol. The van der Waals surface area contributed by atoms with E-state index in [2.05, 4.69) is 5.32 Å². The lowest BCUT2D eigenvalue weighted by Gasteiger charge is -2.20. The molecule has 3 N–H and O–H groups in total. The van der Waals surface area contributed by atoms with Gasteiger partial charge in [0.2, 0.25) is 0 Å². The fourth-order valence-electron chi connectivity index (χ4n) is 3.60. The molecule has 0 aliphatic rings. The van der Waals surface area contributed by atoms with Gasteiger partial charge in [-0.25, -0.2) is 0 Å². The Morgan fingerprint density at radius 1 is 0.839 bits per heavy atom. The van der Waals surface area contributed by atoms with E-state index in [1.54, 1.807) is 41.0 Å². The van der Waals surface area contributed by atoms with Gasteiger partial charge in [-0.05, 0) is 42.0 Å². The number of rotatable bonds is 6. The largest absolute Gasteiger partial charge is 0.394 e. The van der Waals surface area contributed by atoms with E-state index >= 15 is 0 Å². The summed E-state index contributed by atoms with van der Waals surface area (Å²) in [6.07, 6.45) is 0. The normalized spacial score (nSPS) is 11.3. The Morgan fingerprint density at radius 2 is 1.52 bits per heavy atom. The second-order valence-electron chi connectivity index (χ2n) is 7.10. The number of nitrogens with zero attached hydrogens (tertiary/aromatic N) is 1. The minimum Gasteiger partial charge on any atom is -0.394 e. The molecule has 0 saturated carbocycles. The second kappa shape index (κ2) is 9.12. The molecule has 31 heavy (non-hydrogen) atoms. The van der Waals surface area contributed by atoms with Crippen LogP contribution in [0.2, 0.25) is 10.0 Å². The van der Waals surface area contributed by atoms with Crippen LogP contribution in [-0.4, -0.2) is 34.0 Å². The number of aromatic nitrogens is 1. The zero-order valence-corrected chi connectivity index (χ0v) is 17.9. The Kier molecular flexibility index (Phi) is 6.30. The van der Waals surface area contributed by atoms with Crippen LogP contribution in [0.1, 0.15) is 0 Å². The standard InChI is InChI=1S/C24H20Cl2N2O3/c25-20-6-2-1-5-17(20)19-11-15(27-16(13-29)14-30)12-23-18(19)9-10-24(31)28(23)22-8-4-3-7-21(22)26/h1-12,16,27,29-30H,13-14H2. The minimum atomic E-state index is -0.555. The number of halogens is 2. The summed E-state index contributed by atoms with van der Waals surface area (Å²) in [4.78, 5) is 12.9. The van der Waals surface area contributed by atoms with E-state index in [-0.39, 0.29) is 18.8 Å². The first-order chi connectivity index (χ1) is 15.0. The summed E-state index contributed by atoms with van der Waals surface area (Å²) in [5.41, 5.74) is 3.18. The van der Waals surface area contributed by atoms with E-state index in [0.717, 1.165) is 16.5 Å². The van der Waals surface area contributed by atoms with Crippen LogP contribution in [0.25, 0.3) is 27.7 Å². The molecule has 1 heterocycles. The number of para-hydroxylation sites is 1. The summed E-state index contributed by atoms with van der Waals surface area (Å²) in [5.74, 6) is 0. The number of aliphatic hydroxyl groups excluding tert-OH is 2. The zero-order chi connectivity index (χ0) is 22.0. The lowest BCUT2D eigenvalue weighted by molar-refractivity contribution is 0.204. The summed E-state index contributed by atoms with van der Waals surface area (Å²) in [7, 11) is 0. The highest BCUT2D eigenvalue weighted by molar-refractivity contribution is 6.34. The van der Waals surface area contributed by atoms with Crippen molar-refractivity contribution in [2.24, 2.45) is 0 Å². The number of benzene rings is 3. The van der Waals surface area contributed by atoms with Crippen LogP contribution in [0.15, 0.2) is 77.6 Å². The van der Waals surface area contributed by atoms with Gasteiger partial charge >= 0.3 is 0 Å². The number of aliphatic hydroxyl groups is 2. The number of pyridine rings is 1. The van der Waals surface area contributed by atoms with Crippen molar-refractivity contribution >= 4 is 39.8 Å². The molecule has 158 valence electrons. The number of nitrogens with one attached hydrogen (secondary N) is 1. The molecule has 0 aliphatic carbocycles. The maximum absolute atomic E-state index is 12.9. The fourth-order valence-corrected chi connectivity index (χ4v) is 4.06. The van der Waals surface area contributed by atoms with Crippen LogP contribution in [0.3, 0.4) is 0 Å². The lowest BCUT2D eigenvalue weighted by Crippen LogP contribution is -2.27. The molecular weight excluding hydrogens is 435 g/mol. The Balaban J connectivity index is 2.08. The first kappa shape index (κ1) is 21.4. The van der Waals surface area contributed by atoms with Gasteiger partial charge in [0.15, 0.2) is 0 Å². The quantitative estimate of drug-likeness (QED) is 0.393. The third-order valence-electron chi connectivity index (χ3n) is 5.08. The number of hydrogen-bond acceptors (Lipinski definition) is 4. The highest BCUT2D eigenvalue weighted by Gasteiger charge is 2.16. The van der Waals surface area contributed by atoms with Crippen LogP contribution in [0.4, 0.5) is 5.69 Å².